The fourth-order valence-corrected chi connectivity index (χ4v) is 0. The van der Waals surface area contributed by atoms with E-state index in [9.17, 15) is 0 Å². The normalized spacial score (nSPS) is 7.38. The molecule has 0 aliphatic rings. The first kappa shape index (κ1) is 22.4. The molecule has 8 heavy (non-hydrogen) atoms. The van der Waals surface area contributed by atoms with Gasteiger partial charge >= 0.3 is 26.7 Å². The van der Waals surface area contributed by atoms with Gasteiger partial charge in [0.05, 0.1) is 0 Å². The maximum Gasteiger partial charge on any atom is 0 e. The Labute approximate surface area is 92.9 Å². The third kappa shape index (κ3) is 83.4. The summed E-state index contributed by atoms with van der Waals surface area (Å²) in [5.74, 6) is 0. The van der Waals surface area contributed by atoms with E-state index < -0.39 is 7.82 Å². The van der Waals surface area contributed by atoms with Gasteiger partial charge in [0.15, 0.2) is 0 Å². The molecule has 0 aliphatic carbocycles. The van der Waals surface area contributed by atoms with Crippen LogP contribution in [0.25, 0.3) is 0 Å². The summed E-state index contributed by atoms with van der Waals surface area (Å²) in [4.78, 5) is 21.6. The van der Waals surface area contributed by atoms with Crippen molar-refractivity contribution in [1.82, 2.24) is 0 Å². The number of hydrogen-bond acceptors (Lipinski definition) is 1. The molecule has 0 fully saturated rings. The van der Waals surface area contributed by atoms with Gasteiger partial charge in [-0.15, -0.1) is 0 Å². The van der Waals surface area contributed by atoms with Crippen LogP contribution in [0.5, 0.6) is 0 Å². The van der Waals surface area contributed by atoms with Crippen LogP contribution in [0.2, 0.25) is 0 Å². The summed E-state index contributed by atoms with van der Waals surface area (Å²) in [6.07, 6.45) is 0. The second-order valence-corrected chi connectivity index (χ2v) is 1.54. The van der Waals surface area contributed by atoms with Gasteiger partial charge in [0.1, 0.15) is 0 Å². The number of phosphoric acid groups is 1. The summed E-state index contributed by atoms with van der Waals surface area (Å²) in [5, 5.41) is 0. The molecular weight excluding hydrogens is 241 g/mol. The van der Waals surface area contributed by atoms with E-state index >= 15 is 0 Å². The predicted molar refractivity (Wildman–Crippen MR) is 21.4 cm³/mol. The van der Waals surface area contributed by atoms with Crippen molar-refractivity contribution in [1.29, 1.82) is 0 Å². The predicted octanol–water partition coefficient (Wildman–Crippen LogP) is -1.58. The van der Waals surface area contributed by atoms with Crippen molar-refractivity contribution in [3.05, 3.63) is 0 Å². The standard InChI is InChI=1S/Li.H3O4P.Ti.Zr.H/c;1-5(2,3)4;;;/h;(H3,1,2,3,4);;;. The Morgan fingerprint density at radius 2 is 1.12 bits per heavy atom. The summed E-state index contributed by atoms with van der Waals surface area (Å²) in [6, 6.07) is 0. The van der Waals surface area contributed by atoms with Gasteiger partial charge in [-0.3, -0.25) is 0 Å². The molecule has 0 aliphatic heterocycles. The van der Waals surface area contributed by atoms with Crippen LogP contribution in [-0.4, -0.2) is 33.5 Å². The molecule has 0 atom stereocenters. The Bertz CT molecular complexity index is 62.2. The summed E-state index contributed by atoms with van der Waals surface area (Å²) >= 11 is 0. The Hall–Kier alpha value is 2.30. The van der Waals surface area contributed by atoms with Gasteiger partial charge in [0.2, 0.25) is 0 Å². The first-order valence-electron chi connectivity index (χ1n) is 0.783. The van der Waals surface area contributed by atoms with Crippen LogP contribution in [0.3, 0.4) is 0 Å². The molecule has 0 radical (unpaired) electrons. The first-order chi connectivity index (χ1) is 2.00. The van der Waals surface area contributed by atoms with E-state index in [4.69, 9.17) is 19.2 Å². The molecule has 0 unspecified atom stereocenters. The van der Waals surface area contributed by atoms with Crippen LogP contribution < -0.4 is 0 Å². The van der Waals surface area contributed by atoms with Crippen LogP contribution in [0.15, 0.2) is 0 Å². The average Bonchev–Trinajstić information content (AvgIpc) is 0.722. The van der Waals surface area contributed by atoms with Crippen LogP contribution in [-0.2, 0) is 52.5 Å². The van der Waals surface area contributed by atoms with Crippen LogP contribution >= 0.6 is 7.82 Å². The van der Waals surface area contributed by atoms with Crippen LogP contribution in [0.1, 0.15) is 0 Å². The Balaban J connectivity index is -0.0000000267. The molecule has 0 rings (SSSR count). The minimum atomic E-state index is -4.64. The van der Waals surface area contributed by atoms with Gasteiger partial charge in [0, 0.05) is 47.9 Å². The number of rotatable bonds is 0. The third-order valence-electron chi connectivity index (χ3n) is 0. The Morgan fingerprint density at radius 1 is 1.12 bits per heavy atom. The molecule has 0 spiro atoms. The average molecular weight is 245 g/mol. The van der Waals surface area contributed by atoms with E-state index in [1.165, 1.54) is 0 Å². The monoisotopic (exact) mass is 244 g/mol. The topological polar surface area (TPSA) is 77.8 Å². The summed E-state index contributed by atoms with van der Waals surface area (Å²) < 4.78 is 8.88. The summed E-state index contributed by atoms with van der Waals surface area (Å²) in [5.41, 5.74) is 0. The minimum absolute atomic E-state index is 0. The molecule has 0 bridgehead atoms. The van der Waals surface area contributed by atoms with E-state index in [1.807, 2.05) is 0 Å². The van der Waals surface area contributed by atoms with Crippen molar-refractivity contribution in [2.75, 3.05) is 0 Å². The Kier molecular flexibility index (Phi) is 26.1. The zero-order chi connectivity index (χ0) is 4.50. The zero-order valence-corrected chi connectivity index (χ0v) is 8.11. The molecule has 0 saturated carbocycles. The molecule has 3 N–H and O–H groups in total. The number of hydrogen-bond donors (Lipinski definition) is 3. The van der Waals surface area contributed by atoms with Crippen molar-refractivity contribution in [3.8, 4) is 0 Å². The third-order valence-corrected chi connectivity index (χ3v) is 0. The fraction of sp³-hybridized carbons (Fsp3) is 0. The van der Waals surface area contributed by atoms with Gasteiger partial charge in [0.25, 0.3) is 0 Å². The van der Waals surface area contributed by atoms with Crippen molar-refractivity contribution >= 4 is 26.7 Å². The largest absolute Gasteiger partial charge is 0 e. The van der Waals surface area contributed by atoms with Crippen molar-refractivity contribution < 1.29 is 67.2 Å². The maximum atomic E-state index is 8.88. The molecule has 0 amide bonds. The smallest absolute Gasteiger partial charge is 0 e. The SMILES string of the molecule is O=P(O)(O)O.[LiH].[Ti].[Zr]. The molecular formula is H4LiO4PTiZr. The fourth-order valence-electron chi connectivity index (χ4n) is 0. The maximum absolute atomic E-state index is 8.88. The van der Waals surface area contributed by atoms with Gasteiger partial charge in [-0.05, 0) is 0 Å². The summed E-state index contributed by atoms with van der Waals surface area (Å²) in [6.45, 7) is 0. The van der Waals surface area contributed by atoms with E-state index in [0.717, 1.165) is 0 Å². The van der Waals surface area contributed by atoms with Gasteiger partial charge in [-0.1, -0.05) is 0 Å². The molecule has 42 valence electrons. The van der Waals surface area contributed by atoms with E-state index in [1.54, 1.807) is 0 Å². The second kappa shape index (κ2) is 9.30. The summed E-state index contributed by atoms with van der Waals surface area (Å²) in [7, 11) is -4.64. The molecule has 0 aromatic carbocycles. The van der Waals surface area contributed by atoms with Crippen LogP contribution in [0, 0.1) is 0 Å². The molecule has 4 nitrogen and oxygen atoms in total. The van der Waals surface area contributed by atoms with Crippen molar-refractivity contribution in [2.24, 2.45) is 0 Å². The molecule has 0 heterocycles. The molecule has 0 saturated heterocycles. The van der Waals surface area contributed by atoms with Crippen molar-refractivity contribution in [2.45, 2.75) is 0 Å². The van der Waals surface area contributed by atoms with E-state index in [0.29, 0.717) is 0 Å². The molecule has 8 heteroatoms. The first-order valence-corrected chi connectivity index (χ1v) is 2.35. The minimum Gasteiger partial charge on any atom is 0 e. The van der Waals surface area contributed by atoms with Gasteiger partial charge in [-0.25, -0.2) is 4.57 Å². The zero-order valence-electron chi connectivity index (χ0n) is 3.20. The van der Waals surface area contributed by atoms with Crippen molar-refractivity contribution in [3.63, 3.8) is 0 Å². The quantitative estimate of drug-likeness (QED) is 0.355. The molecule has 0 aromatic rings. The van der Waals surface area contributed by atoms with Crippen LogP contribution in [0.4, 0.5) is 0 Å². The second-order valence-electron chi connectivity index (χ2n) is 0.513. The van der Waals surface area contributed by atoms with E-state index in [2.05, 4.69) is 0 Å². The van der Waals surface area contributed by atoms with Gasteiger partial charge < -0.3 is 14.7 Å². The molecule has 0 aromatic heterocycles. The van der Waals surface area contributed by atoms with Gasteiger partial charge in [-0.2, -0.15) is 0 Å². The van der Waals surface area contributed by atoms with E-state index in [-0.39, 0.29) is 66.8 Å². The Morgan fingerprint density at radius 3 is 1.12 bits per heavy atom.